The molecule has 0 spiro atoms. The monoisotopic (exact) mass is 292 g/mol. The number of rotatable bonds is 4. The Hall–Kier alpha value is -1.36. The first-order chi connectivity index (χ1) is 9.72. The van der Waals surface area contributed by atoms with Gasteiger partial charge in [0, 0.05) is 10.9 Å². The highest BCUT2D eigenvalue weighted by Gasteiger charge is 2.23. The summed E-state index contributed by atoms with van der Waals surface area (Å²) in [7, 11) is 0. The summed E-state index contributed by atoms with van der Waals surface area (Å²) in [4.78, 5) is 25.7. The zero-order chi connectivity index (χ0) is 13.9. The second-order valence-corrected chi connectivity index (χ2v) is 6.78. The van der Waals surface area contributed by atoms with Crippen LogP contribution < -0.4 is 10.6 Å². The molecule has 2 aliphatic carbocycles. The Labute approximate surface area is 122 Å². The molecule has 2 N–H and O–H groups in total. The van der Waals surface area contributed by atoms with Crippen molar-refractivity contribution in [3.05, 3.63) is 21.4 Å². The smallest absolute Gasteiger partial charge is 0.261 e. The van der Waals surface area contributed by atoms with E-state index in [1.165, 1.54) is 29.7 Å². The maximum atomic E-state index is 12.1. The van der Waals surface area contributed by atoms with E-state index in [0.717, 1.165) is 30.6 Å². The van der Waals surface area contributed by atoms with Gasteiger partial charge in [-0.05, 0) is 50.2 Å². The van der Waals surface area contributed by atoms with Crippen molar-refractivity contribution < 1.29 is 9.59 Å². The van der Waals surface area contributed by atoms with Crippen molar-refractivity contribution in [3.8, 4) is 0 Å². The van der Waals surface area contributed by atoms with Crippen molar-refractivity contribution >= 4 is 23.2 Å². The van der Waals surface area contributed by atoms with Gasteiger partial charge in [0.25, 0.3) is 5.91 Å². The van der Waals surface area contributed by atoms with Gasteiger partial charge in [-0.2, -0.15) is 0 Å². The number of carbonyl (C=O) groups excluding carboxylic acids is 2. The summed E-state index contributed by atoms with van der Waals surface area (Å²) in [5.74, 6) is -0.201. The molecule has 0 atom stereocenters. The Balaban J connectivity index is 1.55. The average molecular weight is 292 g/mol. The van der Waals surface area contributed by atoms with E-state index in [0.29, 0.717) is 6.04 Å². The van der Waals surface area contributed by atoms with Gasteiger partial charge in [0.15, 0.2) is 0 Å². The standard InChI is InChI=1S/C15H20N2O2S/c18-14(17-11-6-7-11)9-16-15(19)13-8-10-4-2-1-3-5-12(10)20-13/h8,11H,1-7,9H2,(H,16,19)(H,17,18). The van der Waals surface area contributed by atoms with Gasteiger partial charge < -0.3 is 10.6 Å². The summed E-state index contributed by atoms with van der Waals surface area (Å²) in [5, 5.41) is 5.58. The minimum absolute atomic E-state index is 0.0813. The number of carbonyl (C=O) groups is 2. The highest BCUT2D eigenvalue weighted by molar-refractivity contribution is 7.14. The van der Waals surface area contributed by atoms with E-state index < -0.39 is 0 Å². The van der Waals surface area contributed by atoms with Gasteiger partial charge in [0.1, 0.15) is 0 Å². The second-order valence-electron chi connectivity index (χ2n) is 5.64. The highest BCUT2D eigenvalue weighted by Crippen LogP contribution is 2.28. The molecule has 1 saturated carbocycles. The van der Waals surface area contributed by atoms with Gasteiger partial charge in [-0.15, -0.1) is 11.3 Å². The lowest BCUT2D eigenvalue weighted by Crippen LogP contribution is -2.37. The van der Waals surface area contributed by atoms with Crippen LogP contribution in [-0.2, 0) is 17.6 Å². The van der Waals surface area contributed by atoms with E-state index in [1.807, 2.05) is 6.07 Å². The molecule has 1 heterocycles. The Bertz CT molecular complexity index is 496. The van der Waals surface area contributed by atoms with Crippen molar-refractivity contribution in [2.24, 2.45) is 0 Å². The van der Waals surface area contributed by atoms with Crippen molar-refractivity contribution in [2.45, 2.75) is 51.0 Å². The van der Waals surface area contributed by atoms with E-state index in [2.05, 4.69) is 10.6 Å². The summed E-state index contributed by atoms with van der Waals surface area (Å²) in [6.45, 7) is 0.0813. The molecule has 1 aromatic rings. The molecular formula is C15H20N2O2S. The van der Waals surface area contributed by atoms with Gasteiger partial charge >= 0.3 is 0 Å². The molecule has 0 bridgehead atoms. The lowest BCUT2D eigenvalue weighted by atomic mass is 10.1. The number of nitrogens with one attached hydrogen (secondary N) is 2. The Morgan fingerprint density at radius 3 is 2.80 bits per heavy atom. The largest absolute Gasteiger partial charge is 0.352 e. The fourth-order valence-electron chi connectivity index (χ4n) is 2.53. The van der Waals surface area contributed by atoms with Crippen LogP contribution in [0.25, 0.3) is 0 Å². The lowest BCUT2D eigenvalue weighted by Gasteiger charge is -2.04. The maximum Gasteiger partial charge on any atom is 0.261 e. The van der Waals surface area contributed by atoms with E-state index in [9.17, 15) is 9.59 Å². The number of hydrogen-bond donors (Lipinski definition) is 2. The molecule has 20 heavy (non-hydrogen) atoms. The summed E-state index contributed by atoms with van der Waals surface area (Å²) in [6.07, 6.45) is 8.03. The molecule has 0 unspecified atom stereocenters. The van der Waals surface area contributed by atoms with Gasteiger partial charge in [-0.1, -0.05) is 6.42 Å². The van der Waals surface area contributed by atoms with E-state index in [-0.39, 0.29) is 18.4 Å². The van der Waals surface area contributed by atoms with Crippen LogP contribution in [0.4, 0.5) is 0 Å². The predicted octanol–water partition coefficient (Wildman–Crippen LogP) is 2.03. The molecule has 4 nitrogen and oxygen atoms in total. The molecular weight excluding hydrogens is 272 g/mol. The first-order valence-corrected chi connectivity index (χ1v) is 8.23. The van der Waals surface area contributed by atoms with E-state index in [1.54, 1.807) is 11.3 Å². The fourth-order valence-corrected chi connectivity index (χ4v) is 3.70. The SMILES string of the molecule is O=C(CNC(=O)c1cc2c(s1)CCCCC2)NC1CC1. The van der Waals surface area contributed by atoms with Gasteiger partial charge in [0.05, 0.1) is 11.4 Å². The van der Waals surface area contributed by atoms with E-state index in [4.69, 9.17) is 0 Å². The number of amides is 2. The molecule has 0 aromatic carbocycles. The third kappa shape index (κ3) is 3.39. The average Bonchev–Trinajstić information content (AvgIpc) is 3.20. The van der Waals surface area contributed by atoms with Crippen molar-refractivity contribution in [2.75, 3.05) is 6.54 Å². The van der Waals surface area contributed by atoms with Gasteiger partial charge in [-0.3, -0.25) is 9.59 Å². The predicted molar refractivity (Wildman–Crippen MR) is 79.1 cm³/mol. The molecule has 0 radical (unpaired) electrons. The summed E-state index contributed by atoms with van der Waals surface area (Å²) < 4.78 is 0. The quantitative estimate of drug-likeness (QED) is 0.834. The van der Waals surface area contributed by atoms with Crippen LogP contribution in [0, 0.1) is 0 Å². The number of aryl methyl sites for hydroxylation is 2. The minimum Gasteiger partial charge on any atom is -0.352 e. The molecule has 2 amide bonds. The Morgan fingerprint density at radius 2 is 2.00 bits per heavy atom. The van der Waals surface area contributed by atoms with E-state index >= 15 is 0 Å². The normalized spacial score (nSPS) is 18.0. The summed E-state index contributed by atoms with van der Waals surface area (Å²) in [6, 6.07) is 2.36. The van der Waals surface area contributed by atoms with Gasteiger partial charge in [0.2, 0.25) is 5.91 Å². The first kappa shape index (κ1) is 13.6. The molecule has 108 valence electrons. The Kier molecular flexibility index (Phi) is 4.05. The molecule has 2 aliphatic rings. The van der Waals surface area contributed by atoms with Crippen LogP contribution >= 0.6 is 11.3 Å². The maximum absolute atomic E-state index is 12.1. The third-order valence-corrected chi connectivity index (χ3v) is 5.06. The van der Waals surface area contributed by atoms with Crippen LogP contribution in [0.3, 0.4) is 0 Å². The topological polar surface area (TPSA) is 58.2 Å². The molecule has 5 heteroatoms. The number of hydrogen-bond acceptors (Lipinski definition) is 3. The van der Waals surface area contributed by atoms with Crippen LogP contribution in [0.2, 0.25) is 0 Å². The van der Waals surface area contributed by atoms with Crippen molar-refractivity contribution in [1.82, 2.24) is 10.6 Å². The van der Waals surface area contributed by atoms with Crippen LogP contribution in [0.15, 0.2) is 6.07 Å². The molecule has 0 saturated heterocycles. The molecule has 1 aromatic heterocycles. The molecule has 0 aliphatic heterocycles. The molecule has 3 rings (SSSR count). The van der Waals surface area contributed by atoms with Gasteiger partial charge in [-0.25, -0.2) is 0 Å². The fraction of sp³-hybridized carbons (Fsp3) is 0.600. The number of thiophene rings is 1. The van der Waals surface area contributed by atoms with Crippen molar-refractivity contribution in [3.63, 3.8) is 0 Å². The highest BCUT2D eigenvalue weighted by atomic mass is 32.1. The zero-order valence-electron chi connectivity index (χ0n) is 11.5. The third-order valence-electron chi connectivity index (χ3n) is 3.82. The van der Waals surface area contributed by atoms with Crippen LogP contribution in [0.5, 0.6) is 0 Å². The lowest BCUT2D eigenvalue weighted by molar-refractivity contribution is -0.120. The van der Waals surface area contributed by atoms with Crippen LogP contribution in [0.1, 0.15) is 52.2 Å². The number of fused-ring (bicyclic) bond motifs is 1. The first-order valence-electron chi connectivity index (χ1n) is 7.41. The molecule has 1 fully saturated rings. The van der Waals surface area contributed by atoms with Crippen LogP contribution in [-0.4, -0.2) is 24.4 Å². The minimum atomic E-state index is -0.117. The Morgan fingerprint density at radius 1 is 1.20 bits per heavy atom. The van der Waals surface area contributed by atoms with Crippen molar-refractivity contribution in [1.29, 1.82) is 0 Å². The second kappa shape index (κ2) is 5.95. The summed E-state index contributed by atoms with van der Waals surface area (Å²) >= 11 is 1.59. The summed E-state index contributed by atoms with van der Waals surface area (Å²) in [5.41, 5.74) is 1.33. The zero-order valence-corrected chi connectivity index (χ0v) is 12.4.